The van der Waals surface area contributed by atoms with Crippen molar-refractivity contribution in [2.75, 3.05) is 6.54 Å². The van der Waals surface area contributed by atoms with E-state index >= 15 is 0 Å². The first-order chi connectivity index (χ1) is 7.19. The maximum Gasteiger partial charge on any atom is 0.120 e. The van der Waals surface area contributed by atoms with Crippen LogP contribution in [0.1, 0.15) is 23.1 Å². The Morgan fingerprint density at radius 1 is 1.40 bits per heavy atom. The highest BCUT2D eigenvalue weighted by Crippen LogP contribution is 2.38. The van der Waals surface area contributed by atoms with Gasteiger partial charge in [0.15, 0.2) is 0 Å². The molecule has 1 aliphatic carbocycles. The minimum absolute atomic E-state index is 0.00211. The summed E-state index contributed by atoms with van der Waals surface area (Å²) in [6.45, 7) is 2.70. The van der Waals surface area contributed by atoms with Crippen LogP contribution < -0.4 is 5.73 Å². The Labute approximate surface area is 90.5 Å². The molecule has 0 bridgehead atoms. The summed E-state index contributed by atoms with van der Waals surface area (Å²) in [7, 11) is 0. The lowest BCUT2D eigenvalue weighted by molar-refractivity contribution is -0.109. The molecular weight excluding hydrogens is 186 g/mol. The highest BCUT2D eigenvalue weighted by Gasteiger charge is 2.35. The molecule has 1 aromatic rings. The summed E-state index contributed by atoms with van der Waals surface area (Å²) in [4.78, 5) is 10.7. The second kappa shape index (κ2) is 3.78. The van der Waals surface area contributed by atoms with Crippen molar-refractivity contribution in [2.24, 2.45) is 11.1 Å². The molecule has 0 aromatic heterocycles. The fraction of sp³-hybridized carbons (Fsp3) is 0.462. The van der Waals surface area contributed by atoms with Gasteiger partial charge in [-0.05, 0) is 42.9 Å². The van der Waals surface area contributed by atoms with E-state index in [-0.39, 0.29) is 5.41 Å². The highest BCUT2D eigenvalue weighted by molar-refractivity contribution is 5.53. The molecule has 1 aliphatic rings. The predicted molar refractivity (Wildman–Crippen MR) is 60.8 cm³/mol. The third-order valence-electron chi connectivity index (χ3n) is 3.44. The van der Waals surface area contributed by atoms with E-state index in [1.807, 2.05) is 0 Å². The number of carbonyl (C=O) groups is 1. The summed E-state index contributed by atoms with van der Waals surface area (Å²) in [6.07, 6.45) is 3.50. The fourth-order valence-corrected chi connectivity index (χ4v) is 2.51. The normalized spacial score (nSPS) is 23.9. The standard InChI is InChI=1S/C13H17NO/c1-10-2-3-11-7-13(9-14,4-5-15)8-12(11)6-10/h2-3,5-6H,4,7-9,14H2,1H3. The van der Waals surface area contributed by atoms with Crippen LogP contribution in [0.5, 0.6) is 0 Å². The minimum Gasteiger partial charge on any atom is -0.330 e. The summed E-state index contributed by atoms with van der Waals surface area (Å²) < 4.78 is 0. The number of fused-ring (bicyclic) bond motifs is 1. The van der Waals surface area contributed by atoms with Crippen LogP contribution in [0.15, 0.2) is 18.2 Å². The van der Waals surface area contributed by atoms with E-state index in [1.165, 1.54) is 16.7 Å². The molecule has 2 heteroatoms. The Hall–Kier alpha value is -1.15. The van der Waals surface area contributed by atoms with Crippen LogP contribution in [-0.2, 0) is 17.6 Å². The minimum atomic E-state index is -0.00211. The van der Waals surface area contributed by atoms with E-state index in [0.29, 0.717) is 13.0 Å². The SMILES string of the molecule is Cc1ccc2c(c1)CC(CN)(CC=O)C2. The van der Waals surface area contributed by atoms with Gasteiger partial charge in [0.1, 0.15) is 6.29 Å². The molecular formula is C13H17NO. The third-order valence-corrected chi connectivity index (χ3v) is 3.44. The van der Waals surface area contributed by atoms with Crippen LogP contribution in [0.4, 0.5) is 0 Å². The molecule has 0 saturated heterocycles. The first-order valence-electron chi connectivity index (χ1n) is 5.41. The molecule has 0 fully saturated rings. The second-order valence-corrected chi connectivity index (χ2v) is 4.70. The van der Waals surface area contributed by atoms with Gasteiger partial charge in [0.2, 0.25) is 0 Å². The number of hydrogen-bond donors (Lipinski definition) is 1. The molecule has 2 rings (SSSR count). The number of carbonyl (C=O) groups excluding carboxylic acids is 1. The van der Waals surface area contributed by atoms with Gasteiger partial charge in [-0.3, -0.25) is 0 Å². The van der Waals surface area contributed by atoms with Gasteiger partial charge < -0.3 is 10.5 Å². The maximum atomic E-state index is 10.7. The molecule has 0 aliphatic heterocycles. The zero-order valence-corrected chi connectivity index (χ0v) is 9.12. The first-order valence-corrected chi connectivity index (χ1v) is 5.41. The van der Waals surface area contributed by atoms with Crippen LogP contribution in [0.3, 0.4) is 0 Å². The van der Waals surface area contributed by atoms with Crippen LogP contribution in [-0.4, -0.2) is 12.8 Å². The quantitative estimate of drug-likeness (QED) is 0.759. The highest BCUT2D eigenvalue weighted by atomic mass is 16.1. The van der Waals surface area contributed by atoms with Crippen LogP contribution in [0.2, 0.25) is 0 Å². The van der Waals surface area contributed by atoms with Crippen molar-refractivity contribution in [3.05, 3.63) is 34.9 Å². The molecule has 0 spiro atoms. The Morgan fingerprint density at radius 2 is 2.13 bits per heavy atom. The van der Waals surface area contributed by atoms with Crippen molar-refractivity contribution in [3.8, 4) is 0 Å². The van der Waals surface area contributed by atoms with Crippen molar-refractivity contribution in [2.45, 2.75) is 26.2 Å². The molecule has 0 amide bonds. The topological polar surface area (TPSA) is 43.1 Å². The lowest BCUT2D eigenvalue weighted by Gasteiger charge is -2.24. The van der Waals surface area contributed by atoms with Crippen LogP contribution >= 0.6 is 0 Å². The van der Waals surface area contributed by atoms with Gasteiger partial charge >= 0.3 is 0 Å². The molecule has 2 N–H and O–H groups in total. The molecule has 0 heterocycles. The van der Waals surface area contributed by atoms with E-state index in [0.717, 1.165) is 19.1 Å². The lowest BCUT2D eigenvalue weighted by atomic mass is 9.82. The zero-order chi connectivity index (χ0) is 10.9. The Balaban J connectivity index is 2.30. The molecule has 2 nitrogen and oxygen atoms in total. The summed E-state index contributed by atoms with van der Waals surface area (Å²) in [5.74, 6) is 0. The van der Waals surface area contributed by atoms with E-state index in [9.17, 15) is 4.79 Å². The number of rotatable bonds is 3. The predicted octanol–water partition coefficient (Wildman–Crippen LogP) is 1.63. The van der Waals surface area contributed by atoms with Crippen molar-refractivity contribution in [3.63, 3.8) is 0 Å². The van der Waals surface area contributed by atoms with Crippen molar-refractivity contribution in [1.82, 2.24) is 0 Å². The third kappa shape index (κ3) is 1.82. The fourth-order valence-electron chi connectivity index (χ4n) is 2.51. The Kier molecular flexibility index (Phi) is 2.61. The summed E-state index contributed by atoms with van der Waals surface area (Å²) >= 11 is 0. The van der Waals surface area contributed by atoms with Gasteiger partial charge in [-0.1, -0.05) is 23.8 Å². The molecule has 1 atom stereocenters. The smallest absolute Gasteiger partial charge is 0.120 e. The van der Waals surface area contributed by atoms with Gasteiger partial charge in [0.05, 0.1) is 0 Å². The van der Waals surface area contributed by atoms with E-state index in [4.69, 9.17) is 5.73 Å². The van der Waals surface area contributed by atoms with Gasteiger partial charge in [0, 0.05) is 6.42 Å². The molecule has 0 radical (unpaired) electrons. The van der Waals surface area contributed by atoms with Gasteiger partial charge in [-0.15, -0.1) is 0 Å². The molecule has 1 unspecified atom stereocenters. The number of benzene rings is 1. The van der Waals surface area contributed by atoms with E-state index < -0.39 is 0 Å². The molecule has 80 valence electrons. The van der Waals surface area contributed by atoms with Gasteiger partial charge in [-0.2, -0.15) is 0 Å². The Morgan fingerprint density at radius 3 is 2.80 bits per heavy atom. The number of hydrogen-bond acceptors (Lipinski definition) is 2. The lowest BCUT2D eigenvalue weighted by Crippen LogP contribution is -2.31. The zero-order valence-electron chi connectivity index (χ0n) is 9.12. The summed E-state index contributed by atoms with van der Waals surface area (Å²) in [5, 5.41) is 0. The van der Waals surface area contributed by atoms with Gasteiger partial charge in [-0.25, -0.2) is 0 Å². The van der Waals surface area contributed by atoms with Crippen LogP contribution in [0, 0.1) is 12.3 Å². The summed E-state index contributed by atoms with van der Waals surface area (Å²) in [6, 6.07) is 6.52. The first kappa shape index (κ1) is 10.4. The number of aryl methyl sites for hydroxylation is 1. The average molecular weight is 203 g/mol. The van der Waals surface area contributed by atoms with Crippen molar-refractivity contribution >= 4 is 6.29 Å². The van der Waals surface area contributed by atoms with Crippen LogP contribution in [0.25, 0.3) is 0 Å². The molecule has 0 saturated carbocycles. The molecule has 15 heavy (non-hydrogen) atoms. The second-order valence-electron chi connectivity index (χ2n) is 4.70. The van der Waals surface area contributed by atoms with Crippen molar-refractivity contribution in [1.29, 1.82) is 0 Å². The maximum absolute atomic E-state index is 10.7. The number of nitrogens with two attached hydrogens (primary N) is 1. The van der Waals surface area contributed by atoms with Crippen molar-refractivity contribution < 1.29 is 4.79 Å². The number of aldehydes is 1. The Bertz CT molecular complexity index is 386. The monoisotopic (exact) mass is 203 g/mol. The van der Waals surface area contributed by atoms with E-state index in [1.54, 1.807) is 0 Å². The summed E-state index contributed by atoms with van der Waals surface area (Å²) in [5.41, 5.74) is 9.84. The molecule has 1 aromatic carbocycles. The van der Waals surface area contributed by atoms with Gasteiger partial charge in [0.25, 0.3) is 0 Å². The largest absolute Gasteiger partial charge is 0.330 e. The average Bonchev–Trinajstić information content (AvgIpc) is 2.56. The van der Waals surface area contributed by atoms with E-state index in [2.05, 4.69) is 25.1 Å².